The summed E-state index contributed by atoms with van der Waals surface area (Å²) in [6.45, 7) is 4.25. The number of hydrogen-bond donors (Lipinski definition) is 0. The number of nitrogens with zero attached hydrogens (tertiary/aromatic N) is 6. The van der Waals surface area contributed by atoms with E-state index in [1.807, 2.05) is 28.9 Å². The zero-order valence-electron chi connectivity index (χ0n) is 18.4. The van der Waals surface area contributed by atoms with E-state index >= 15 is 0 Å². The van der Waals surface area contributed by atoms with Crippen molar-refractivity contribution >= 4 is 11.9 Å². The largest absolute Gasteiger partial charge is 0.368 e. The first-order chi connectivity index (χ1) is 15.2. The van der Waals surface area contributed by atoms with Crippen LogP contribution in [0.3, 0.4) is 0 Å². The first-order valence-electron chi connectivity index (χ1n) is 11.7. The molecule has 0 aromatic carbocycles. The smallest absolute Gasteiger partial charge is 0.251 e. The Morgan fingerprint density at radius 3 is 2.77 bits per heavy atom. The lowest BCUT2D eigenvalue weighted by atomic mass is 9.91. The third-order valence-electron chi connectivity index (χ3n) is 6.74. The molecular weight excluding hydrogens is 392 g/mol. The summed E-state index contributed by atoms with van der Waals surface area (Å²) in [6, 6.07) is 1.97. The van der Waals surface area contributed by atoms with Crippen molar-refractivity contribution in [1.82, 2.24) is 24.6 Å². The highest BCUT2D eigenvalue weighted by atomic mass is 16.5. The quantitative estimate of drug-likeness (QED) is 0.751. The number of piperidine rings is 1. The van der Waals surface area contributed by atoms with Crippen molar-refractivity contribution in [3.05, 3.63) is 24.2 Å². The van der Waals surface area contributed by atoms with E-state index in [0.717, 1.165) is 74.6 Å². The molecule has 8 heteroatoms. The summed E-state index contributed by atoms with van der Waals surface area (Å²) in [5, 5.41) is 4.82. The van der Waals surface area contributed by atoms with Gasteiger partial charge in [0.05, 0.1) is 11.4 Å². The minimum atomic E-state index is -0.263. The minimum absolute atomic E-state index is 0.153. The Morgan fingerprint density at radius 1 is 1.10 bits per heavy atom. The molecular formula is C23H32N6O2. The van der Waals surface area contributed by atoms with Gasteiger partial charge in [-0.1, -0.05) is 0 Å². The van der Waals surface area contributed by atoms with E-state index in [1.54, 1.807) is 0 Å². The number of rotatable bonds is 4. The molecule has 166 valence electrons. The van der Waals surface area contributed by atoms with Crippen molar-refractivity contribution in [2.45, 2.75) is 57.0 Å². The van der Waals surface area contributed by atoms with Crippen LogP contribution >= 0.6 is 0 Å². The summed E-state index contributed by atoms with van der Waals surface area (Å²) in [5.41, 5.74) is 3.01. The van der Waals surface area contributed by atoms with Gasteiger partial charge in [0.15, 0.2) is 0 Å². The fraction of sp³-hybridized carbons (Fsp3) is 0.652. The number of likely N-dealkylation sites (tertiary alicyclic amines) is 1. The molecule has 0 spiro atoms. The Bertz CT molecular complexity index is 917. The third kappa shape index (κ3) is 4.31. The number of aryl methyl sites for hydroxylation is 1. The lowest BCUT2D eigenvalue weighted by Crippen LogP contribution is -2.46. The molecule has 2 atom stereocenters. The second kappa shape index (κ2) is 8.94. The normalized spacial score (nSPS) is 24.5. The highest BCUT2D eigenvalue weighted by Gasteiger charge is 2.33. The number of amides is 1. The molecule has 0 aliphatic carbocycles. The second-order valence-corrected chi connectivity index (χ2v) is 9.02. The van der Waals surface area contributed by atoms with Gasteiger partial charge < -0.3 is 14.5 Å². The highest BCUT2D eigenvalue weighted by Crippen LogP contribution is 2.34. The molecule has 0 unspecified atom stereocenters. The molecule has 2 aromatic heterocycles. The molecule has 0 saturated carbocycles. The molecule has 1 amide bonds. The topological polar surface area (TPSA) is 76.4 Å². The first kappa shape index (κ1) is 20.4. The molecule has 3 fully saturated rings. The first-order valence-corrected chi connectivity index (χ1v) is 11.7. The van der Waals surface area contributed by atoms with E-state index in [2.05, 4.69) is 16.1 Å². The molecule has 5 rings (SSSR count). The van der Waals surface area contributed by atoms with Crippen molar-refractivity contribution in [3.8, 4) is 11.3 Å². The highest BCUT2D eigenvalue weighted by molar-refractivity contribution is 5.81. The zero-order chi connectivity index (χ0) is 21.2. The number of hydrogen-bond acceptors (Lipinski definition) is 6. The number of aromatic nitrogens is 4. The summed E-state index contributed by atoms with van der Waals surface area (Å²) >= 11 is 0. The maximum Gasteiger partial charge on any atom is 0.251 e. The van der Waals surface area contributed by atoms with Gasteiger partial charge in [-0.25, -0.2) is 9.97 Å². The van der Waals surface area contributed by atoms with E-state index < -0.39 is 0 Å². The van der Waals surface area contributed by atoms with E-state index in [9.17, 15) is 4.79 Å². The molecule has 3 aliphatic heterocycles. The van der Waals surface area contributed by atoms with Gasteiger partial charge in [0.1, 0.15) is 6.10 Å². The maximum absolute atomic E-state index is 13.0. The second-order valence-electron chi connectivity index (χ2n) is 9.02. The Morgan fingerprint density at radius 2 is 1.97 bits per heavy atom. The lowest BCUT2D eigenvalue weighted by Gasteiger charge is -2.35. The van der Waals surface area contributed by atoms with Gasteiger partial charge in [-0.3, -0.25) is 9.48 Å². The SMILES string of the molecule is Cn1cc(-c2ccnc(N3CCCC3)n2)c([C@H]2CCCN(C(=O)[C@@H]3CCCCO3)C2)n1. The van der Waals surface area contributed by atoms with E-state index in [0.29, 0.717) is 13.2 Å². The average molecular weight is 425 g/mol. The Kier molecular flexibility index (Phi) is 5.89. The van der Waals surface area contributed by atoms with Crippen LogP contribution in [0.25, 0.3) is 11.3 Å². The third-order valence-corrected chi connectivity index (χ3v) is 6.74. The van der Waals surface area contributed by atoms with Crippen LogP contribution in [0.5, 0.6) is 0 Å². The van der Waals surface area contributed by atoms with E-state index in [1.165, 1.54) is 12.8 Å². The lowest BCUT2D eigenvalue weighted by molar-refractivity contribution is -0.147. The van der Waals surface area contributed by atoms with Gasteiger partial charge in [-0.15, -0.1) is 0 Å². The predicted molar refractivity (Wildman–Crippen MR) is 118 cm³/mol. The molecule has 0 radical (unpaired) electrons. The van der Waals surface area contributed by atoms with Crippen molar-refractivity contribution < 1.29 is 9.53 Å². The Hall–Kier alpha value is -2.48. The number of ether oxygens (including phenoxy) is 1. The summed E-state index contributed by atoms with van der Waals surface area (Å²) in [7, 11) is 1.96. The summed E-state index contributed by atoms with van der Waals surface area (Å²) in [5.74, 6) is 1.17. The number of carbonyl (C=O) groups excluding carboxylic acids is 1. The van der Waals surface area contributed by atoms with Gasteiger partial charge >= 0.3 is 0 Å². The van der Waals surface area contributed by atoms with Gasteiger partial charge in [0.25, 0.3) is 5.91 Å². The average Bonchev–Trinajstić information content (AvgIpc) is 3.49. The molecule has 8 nitrogen and oxygen atoms in total. The van der Waals surface area contributed by atoms with Crippen LogP contribution in [0.15, 0.2) is 18.5 Å². The molecule has 31 heavy (non-hydrogen) atoms. The Balaban J connectivity index is 1.37. The summed E-state index contributed by atoms with van der Waals surface area (Å²) < 4.78 is 7.63. The summed E-state index contributed by atoms with van der Waals surface area (Å²) in [4.78, 5) is 26.7. The fourth-order valence-corrected chi connectivity index (χ4v) is 5.11. The van der Waals surface area contributed by atoms with Gasteiger partial charge in [-0.05, 0) is 51.0 Å². The predicted octanol–water partition coefficient (Wildman–Crippen LogP) is 2.75. The van der Waals surface area contributed by atoms with Gasteiger partial charge in [0.2, 0.25) is 5.95 Å². The molecule has 0 N–H and O–H groups in total. The van der Waals surface area contributed by atoms with Crippen molar-refractivity contribution in [1.29, 1.82) is 0 Å². The van der Waals surface area contributed by atoms with Crippen LogP contribution in [0.1, 0.15) is 56.6 Å². The molecule has 5 heterocycles. The summed E-state index contributed by atoms with van der Waals surface area (Å²) in [6.07, 6.45) is 11.0. The maximum atomic E-state index is 13.0. The van der Waals surface area contributed by atoms with Crippen LogP contribution in [0, 0.1) is 0 Å². The van der Waals surface area contributed by atoms with Crippen molar-refractivity contribution in [3.63, 3.8) is 0 Å². The van der Waals surface area contributed by atoms with Gasteiger partial charge in [0, 0.05) is 63.7 Å². The number of carbonyl (C=O) groups is 1. The monoisotopic (exact) mass is 424 g/mol. The Labute approximate surface area is 183 Å². The molecule has 3 saturated heterocycles. The zero-order valence-corrected chi connectivity index (χ0v) is 18.4. The number of anilines is 1. The molecule has 0 bridgehead atoms. The van der Waals surface area contributed by atoms with Crippen molar-refractivity contribution in [2.75, 3.05) is 37.7 Å². The van der Waals surface area contributed by atoms with Crippen LogP contribution in [-0.2, 0) is 16.6 Å². The fourth-order valence-electron chi connectivity index (χ4n) is 5.11. The van der Waals surface area contributed by atoms with Gasteiger partial charge in [-0.2, -0.15) is 5.10 Å². The van der Waals surface area contributed by atoms with E-state index in [-0.39, 0.29) is 17.9 Å². The van der Waals surface area contributed by atoms with Crippen LogP contribution < -0.4 is 4.90 Å². The van der Waals surface area contributed by atoms with Crippen LogP contribution in [0.4, 0.5) is 5.95 Å². The minimum Gasteiger partial charge on any atom is -0.368 e. The van der Waals surface area contributed by atoms with E-state index in [4.69, 9.17) is 14.8 Å². The molecule has 3 aliphatic rings. The van der Waals surface area contributed by atoms with Crippen molar-refractivity contribution in [2.24, 2.45) is 7.05 Å². The standard InChI is InChI=1S/C23H32N6O2/c1-27-16-18(19-9-10-24-23(25-19)28-11-3-4-12-28)21(26-27)17-7-6-13-29(15-17)22(30)20-8-2-5-14-31-20/h9-10,16-17,20H,2-8,11-15H2,1H3/t17-,20-/m0/s1. The molecule has 2 aromatic rings. The van der Waals surface area contributed by atoms with Crippen LogP contribution in [0.2, 0.25) is 0 Å². The van der Waals surface area contributed by atoms with Crippen LogP contribution in [-0.4, -0.2) is 69.4 Å².